The molecule has 0 saturated carbocycles. The van der Waals surface area contributed by atoms with Crippen molar-refractivity contribution in [3.63, 3.8) is 0 Å². The summed E-state index contributed by atoms with van der Waals surface area (Å²) < 4.78 is 0. The molecule has 0 bridgehead atoms. The van der Waals surface area contributed by atoms with Gasteiger partial charge in [0.05, 0.1) is 24.5 Å². The Kier molecular flexibility index (Phi) is 6.98. The van der Waals surface area contributed by atoms with Crippen molar-refractivity contribution in [2.75, 3.05) is 37.7 Å². The highest BCUT2D eigenvalue weighted by atomic mass is 35.5. The fourth-order valence-corrected chi connectivity index (χ4v) is 2.01. The minimum Gasteiger partial charge on any atom is -0.397 e. The summed E-state index contributed by atoms with van der Waals surface area (Å²) in [4.78, 5) is 25.2. The summed E-state index contributed by atoms with van der Waals surface area (Å²) in [6.45, 7) is 2.95. The van der Waals surface area contributed by atoms with E-state index in [1.54, 1.807) is 30.1 Å². The third-order valence-corrected chi connectivity index (χ3v) is 3.08. The first-order chi connectivity index (χ1) is 9.96. The molecule has 0 radical (unpaired) electrons. The first kappa shape index (κ1) is 17.3. The molecule has 2 amide bonds. The number of nitrogens with zero attached hydrogens (tertiary/aromatic N) is 1. The van der Waals surface area contributed by atoms with Gasteiger partial charge in [0, 0.05) is 12.1 Å². The second kappa shape index (κ2) is 8.49. The molecular formula is C14H21ClN4O2. The van der Waals surface area contributed by atoms with Crippen molar-refractivity contribution < 1.29 is 9.59 Å². The number of rotatable bonds is 7. The Morgan fingerprint density at radius 3 is 2.57 bits per heavy atom. The lowest BCUT2D eigenvalue weighted by atomic mass is 10.2. The van der Waals surface area contributed by atoms with Gasteiger partial charge in [0.2, 0.25) is 11.8 Å². The molecule has 6 nitrogen and oxygen atoms in total. The smallest absolute Gasteiger partial charge is 0.238 e. The Balaban J connectivity index is 2.64. The van der Waals surface area contributed by atoms with Gasteiger partial charge < -0.3 is 16.4 Å². The van der Waals surface area contributed by atoms with Crippen molar-refractivity contribution in [3.05, 3.63) is 23.2 Å². The average Bonchev–Trinajstić information content (AvgIpc) is 2.42. The zero-order chi connectivity index (χ0) is 15.8. The number of likely N-dealkylation sites (N-methyl/N-ethyl adjacent to an activating group) is 1. The standard InChI is InChI=1S/C14H21ClN4O2/c1-3-6-19(8-13(20)17-2)9-14(21)18-12-7-10(15)4-5-11(12)16/h4-5,7H,3,6,8-9,16H2,1-2H3,(H,17,20)(H,18,21). The maximum absolute atomic E-state index is 12.0. The van der Waals surface area contributed by atoms with Crippen LogP contribution in [0.1, 0.15) is 13.3 Å². The molecule has 116 valence electrons. The van der Waals surface area contributed by atoms with E-state index in [0.717, 1.165) is 6.42 Å². The summed E-state index contributed by atoms with van der Waals surface area (Å²) in [7, 11) is 1.57. The van der Waals surface area contributed by atoms with Gasteiger partial charge in [-0.3, -0.25) is 14.5 Å². The van der Waals surface area contributed by atoms with Gasteiger partial charge >= 0.3 is 0 Å². The predicted molar refractivity (Wildman–Crippen MR) is 85.3 cm³/mol. The van der Waals surface area contributed by atoms with Crippen LogP contribution in [0.4, 0.5) is 11.4 Å². The van der Waals surface area contributed by atoms with Gasteiger partial charge in [-0.05, 0) is 31.2 Å². The zero-order valence-electron chi connectivity index (χ0n) is 12.3. The van der Waals surface area contributed by atoms with Gasteiger partial charge in [-0.25, -0.2) is 0 Å². The number of nitrogens with one attached hydrogen (secondary N) is 2. The Morgan fingerprint density at radius 2 is 1.95 bits per heavy atom. The molecule has 1 aromatic rings. The van der Waals surface area contributed by atoms with E-state index in [1.807, 2.05) is 6.92 Å². The van der Waals surface area contributed by atoms with E-state index in [-0.39, 0.29) is 24.9 Å². The number of nitrogen functional groups attached to an aromatic ring is 1. The minimum absolute atomic E-state index is 0.118. The second-order valence-corrected chi connectivity index (χ2v) is 5.10. The lowest BCUT2D eigenvalue weighted by Gasteiger charge is -2.20. The Morgan fingerprint density at radius 1 is 1.29 bits per heavy atom. The summed E-state index contributed by atoms with van der Waals surface area (Å²) in [5.41, 5.74) is 6.70. The van der Waals surface area contributed by atoms with E-state index in [2.05, 4.69) is 10.6 Å². The number of carbonyl (C=O) groups excluding carboxylic acids is 2. The van der Waals surface area contributed by atoms with Crippen LogP contribution < -0.4 is 16.4 Å². The van der Waals surface area contributed by atoms with E-state index >= 15 is 0 Å². The maximum atomic E-state index is 12.0. The molecular weight excluding hydrogens is 292 g/mol. The highest BCUT2D eigenvalue weighted by Gasteiger charge is 2.14. The number of anilines is 2. The number of hydrogen-bond donors (Lipinski definition) is 3. The third kappa shape index (κ3) is 6.01. The summed E-state index contributed by atoms with van der Waals surface area (Å²) >= 11 is 5.87. The molecule has 0 unspecified atom stereocenters. The molecule has 21 heavy (non-hydrogen) atoms. The first-order valence-corrected chi connectivity index (χ1v) is 7.11. The van der Waals surface area contributed by atoms with Crippen molar-refractivity contribution in [1.29, 1.82) is 0 Å². The second-order valence-electron chi connectivity index (χ2n) is 4.66. The van der Waals surface area contributed by atoms with Crippen molar-refractivity contribution in [3.8, 4) is 0 Å². The van der Waals surface area contributed by atoms with Crippen molar-refractivity contribution in [2.24, 2.45) is 0 Å². The van der Waals surface area contributed by atoms with E-state index in [4.69, 9.17) is 17.3 Å². The Labute approximate surface area is 129 Å². The van der Waals surface area contributed by atoms with Crippen molar-refractivity contribution >= 4 is 34.8 Å². The number of hydrogen-bond acceptors (Lipinski definition) is 4. The summed E-state index contributed by atoms with van der Waals surface area (Å²) in [5.74, 6) is -0.361. The van der Waals surface area contributed by atoms with Crippen molar-refractivity contribution in [1.82, 2.24) is 10.2 Å². The molecule has 1 rings (SSSR count). The number of halogens is 1. The topological polar surface area (TPSA) is 87.5 Å². The fraction of sp³-hybridized carbons (Fsp3) is 0.429. The minimum atomic E-state index is -0.235. The van der Waals surface area contributed by atoms with Crippen LogP contribution >= 0.6 is 11.6 Å². The monoisotopic (exact) mass is 312 g/mol. The predicted octanol–water partition coefficient (Wildman–Crippen LogP) is 1.32. The summed E-state index contributed by atoms with van der Waals surface area (Å²) in [6.07, 6.45) is 0.851. The van der Waals surface area contributed by atoms with Gasteiger partial charge in [0.25, 0.3) is 0 Å². The molecule has 0 aliphatic rings. The highest BCUT2D eigenvalue weighted by Crippen LogP contribution is 2.22. The third-order valence-electron chi connectivity index (χ3n) is 2.84. The molecule has 0 aromatic heterocycles. The molecule has 0 spiro atoms. The maximum Gasteiger partial charge on any atom is 0.238 e. The quantitative estimate of drug-likeness (QED) is 0.663. The van der Waals surface area contributed by atoms with Gasteiger partial charge in [0.15, 0.2) is 0 Å². The van der Waals surface area contributed by atoms with E-state index in [0.29, 0.717) is 22.9 Å². The molecule has 7 heteroatoms. The molecule has 4 N–H and O–H groups in total. The molecule has 0 fully saturated rings. The average molecular weight is 313 g/mol. The van der Waals surface area contributed by atoms with Crippen LogP contribution in [-0.2, 0) is 9.59 Å². The zero-order valence-corrected chi connectivity index (χ0v) is 13.0. The lowest BCUT2D eigenvalue weighted by molar-refractivity contribution is -0.123. The fourth-order valence-electron chi connectivity index (χ4n) is 1.84. The normalized spacial score (nSPS) is 10.5. The molecule has 0 heterocycles. The molecule has 0 aliphatic heterocycles. The summed E-state index contributed by atoms with van der Waals surface area (Å²) in [6, 6.07) is 4.88. The number of nitrogens with two attached hydrogens (primary N) is 1. The van der Waals surface area contributed by atoms with Crippen LogP contribution in [0.3, 0.4) is 0 Å². The SMILES string of the molecule is CCCN(CC(=O)NC)CC(=O)Nc1cc(Cl)ccc1N. The van der Waals surface area contributed by atoms with Crippen LogP contribution in [-0.4, -0.2) is 43.4 Å². The van der Waals surface area contributed by atoms with E-state index in [1.165, 1.54) is 0 Å². The van der Waals surface area contributed by atoms with Gasteiger partial charge in [-0.2, -0.15) is 0 Å². The van der Waals surface area contributed by atoms with Gasteiger partial charge in [-0.15, -0.1) is 0 Å². The van der Waals surface area contributed by atoms with E-state index < -0.39 is 0 Å². The van der Waals surface area contributed by atoms with Crippen molar-refractivity contribution in [2.45, 2.75) is 13.3 Å². The molecule has 1 aromatic carbocycles. The number of benzene rings is 1. The highest BCUT2D eigenvalue weighted by molar-refractivity contribution is 6.31. The van der Waals surface area contributed by atoms with Gasteiger partial charge in [-0.1, -0.05) is 18.5 Å². The largest absolute Gasteiger partial charge is 0.397 e. The number of carbonyl (C=O) groups is 2. The van der Waals surface area contributed by atoms with Crippen LogP contribution in [0.15, 0.2) is 18.2 Å². The lowest BCUT2D eigenvalue weighted by Crippen LogP contribution is -2.40. The summed E-state index contributed by atoms with van der Waals surface area (Å²) in [5, 5.41) is 5.75. The van der Waals surface area contributed by atoms with Crippen LogP contribution in [0.2, 0.25) is 5.02 Å². The van der Waals surface area contributed by atoms with Crippen LogP contribution in [0, 0.1) is 0 Å². The Hall–Kier alpha value is -1.79. The molecule has 0 saturated heterocycles. The van der Waals surface area contributed by atoms with Gasteiger partial charge in [0.1, 0.15) is 0 Å². The van der Waals surface area contributed by atoms with Crippen LogP contribution in [0.5, 0.6) is 0 Å². The molecule has 0 atom stereocenters. The Bertz CT molecular complexity index is 508. The van der Waals surface area contributed by atoms with E-state index in [9.17, 15) is 9.59 Å². The first-order valence-electron chi connectivity index (χ1n) is 6.74. The molecule has 0 aliphatic carbocycles. The number of amides is 2. The van der Waals surface area contributed by atoms with Crippen LogP contribution in [0.25, 0.3) is 0 Å².